The number of aromatic nitrogens is 3. The van der Waals surface area contributed by atoms with Gasteiger partial charge in [-0.2, -0.15) is 0 Å². The van der Waals surface area contributed by atoms with Crippen molar-refractivity contribution in [2.45, 2.75) is 25.4 Å². The van der Waals surface area contributed by atoms with Crippen molar-refractivity contribution in [3.05, 3.63) is 53.0 Å². The zero-order valence-electron chi connectivity index (χ0n) is 15.2. The van der Waals surface area contributed by atoms with Gasteiger partial charge in [-0.05, 0) is 55.4 Å². The van der Waals surface area contributed by atoms with Crippen LogP contribution in [-0.4, -0.2) is 50.1 Å². The lowest BCUT2D eigenvalue weighted by Crippen LogP contribution is -2.42. The molecular weight excluding hydrogens is 376 g/mol. The number of nitrogens with zero attached hydrogens (tertiary/aromatic N) is 4. The van der Waals surface area contributed by atoms with Crippen LogP contribution in [0.5, 0.6) is 0 Å². The van der Waals surface area contributed by atoms with Crippen LogP contribution in [0, 0.1) is 0 Å². The fourth-order valence-electron chi connectivity index (χ4n) is 3.30. The molecule has 0 aliphatic carbocycles. The second-order valence-corrected chi connectivity index (χ2v) is 7.71. The molecule has 2 saturated heterocycles. The fourth-order valence-corrected chi connectivity index (χ4v) is 3.97. The fraction of sp³-hybridized carbons (Fsp3) is 0.316. The molecule has 2 fully saturated rings. The largest absolute Gasteiger partial charge is 0.350 e. The number of rotatable bonds is 5. The summed E-state index contributed by atoms with van der Waals surface area (Å²) in [5.74, 6) is 0.134. The zero-order chi connectivity index (χ0) is 19.3. The molecule has 0 saturated carbocycles. The molecule has 2 aromatic heterocycles. The van der Waals surface area contributed by atoms with Gasteiger partial charge in [-0.3, -0.25) is 24.8 Å². The second kappa shape index (κ2) is 8.49. The number of thioether (sulfide) groups is 1. The predicted molar refractivity (Wildman–Crippen MR) is 107 cm³/mol. The minimum atomic E-state index is -0.388. The highest BCUT2D eigenvalue weighted by Gasteiger charge is 2.25. The molecule has 1 unspecified atom stereocenters. The molecule has 4 rings (SSSR count). The molecule has 9 heteroatoms. The average Bonchev–Trinajstić information content (AvgIpc) is 3.00. The standard InChI is InChI=1S/C19H20N6O2S/c26-17-16(28-19(27)24-17)10-13-6-8-21-18(22-13)23-15-5-3-9-25(12-15)11-14-4-1-2-7-20-14/h1-2,4,6-8,10,15H,3,5,9,11-12H2,(H,21,22,23)(H,24,26,27)/b16-10-. The third-order valence-electron chi connectivity index (χ3n) is 4.55. The van der Waals surface area contributed by atoms with E-state index in [0.29, 0.717) is 16.5 Å². The summed E-state index contributed by atoms with van der Waals surface area (Å²) < 4.78 is 0. The van der Waals surface area contributed by atoms with E-state index < -0.39 is 0 Å². The summed E-state index contributed by atoms with van der Waals surface area (Å²) in [5, 5.41) is 5.27. The topological polar surface area (TPSA) is 100 Å². The molecule has 144 valence electrons. The van der Waals surface area contributed by atoms with E-state index in [1.165, 1.54) is 0 Å². The van der Waals surface area contributed by atoms with Crippen molar-refractivity contribution < 1.29 is 9.59 Å². The van der Waals surface area contributed by atoms with Crippen molar-refractivity contribution >= 4 is 34.9 Å². The summed E-state index contributed by atoms with van der Waals surface area (Å²) in [6.45, 7) is 2.76. The van der Waals surface area contributed by atoms with Gasteiger partial charge in [0.15, 0.2) is 0 Å². The number of amides is 2. The molecule has 28 heavy (non-hydrogen) atoms. The number of carbonyl (C=O) groups is 2. The molecule has 0 bridgehead atoms. The average molecular weight is 396 g/mol. The normalized spacial score (nSPS) is 21.7. The van der Waals surface area contributed by atoms with Crippen LogP contribution in [0.1, 0.15) is 24.2 Å². The first-order valence-corrected chi connectivity index (χ1v) is 9.94. The monoisotopic (exact) mass is 396 g/mol. The molecular formula is C19H20N6O2S. The Morgan fingerprint density at radius 3 is 2.96 bits per heavy atom. The summed E-state index contributed by atoms with van der Waals surface area (Å²) in [7, 11) is 0. The molecule has 1 atom stereocenters. The quantitative estimate of drug-likeness (QED) is 0.743. The molecule has 0 radical (unpaired) electrons. The van der Waals surface area contributed by atoms with Crippen LogP contribution in [0.15, 0.2) is 41.6 Å². The smallest absolute Gasteiger partial charge is 0.290 e. The highest BCUT2D eigenvalue weighted by atomic mass is 32.2. The molecule has 2 amide bonds. The first-order chi connectivity index (χ1) is 13.7. The van der Waals surface area contributed by atoms with E-state index in [4.69, 9.17) is 0 Å². The molecule has 4 heterocycles. The van der Waals surface area contributed by atoms with Crippen molar-refractivity contribution in [1.82, 2.24) is 25.2 Å². The maximum atomic E-state index is 11.7. The molecule has 8 nitrogen and oxygen atoms in total. The lowest BCUT2D eigenvalue weighted by Gasteiger charge is -2.32. The summed E-state index contributed by atoms with van der Waals surface area (Å²) >= 11 is 0.879. The number of pyridine rings is 1. The summed E-state index contributed by atoms with van der Waals surface area (Å²) in [5.41, 5.74) is 1.65. The van der Waals surface area contributed by atoms with Gasteiger partial charge < -0.3 is 5.32 Å². The van der Waals surface area contributed by atoms with Crippen LogP contribution >= 0.6 is 11.8 Å². The third-order valence-corrected chi connectivity index (χ3v) is 5.36. The molecule has 2 aromatic rings. The number of nitrogens with one attached hydrogen (secondary N) is 2. The van der Waals surface area contributed by atoms with Gasteiger partial charge in [0.25, 0.3) is 11.1 Å². The Bertz CT molecular complexity index is 904. The van der Waals surface area contributed by atoms with E-state index in [-0.39, 0.29) is 17.2 Å². The van der Waals surface area contributed by atoms with E-state index in [0.717, 1.165) is 49.9 Å². The SMILES string of the molecule is O=C1NC(=O)/C(=C/c2ccnc(NC3CCCN(Cc4ccccn4)C3)n2)S1. The van der Waals surface area contributed by atoms with Gasteiger partial charge in [-0.25, -0.2) is 9.97 Å². The van der Waals surface area contributed by atoms with Crippen LogP contribution in [0.3, 0.4) is 0 Å². The van der Waals surface area contributed by atoms with E-state index in [9.17, 15) is 9.59 Å². The lowest BCUT2D eigenvalue weighted by atomic mass is 10.1. The van der Waals surface area contributed by atoms with E-state index in [2.05, 4.69) is 30.5 Å². The Kier molecular flexibility index (Phi) is 5.63. The number of piperidine rings is 1. The summed E-state index contributed by atoms with van der Waals surface area (Å²) in [6.07, 6.45) is 7.20. The first-order valence-electron chi connectivity index (χ1n) is 9.12. The zero-order valence-corrected chi connectivity index (χ0v) is 16.0. The van der Waals surface area contributed by atoms with Gasteiger partial charge in [0, 0.05) is 31.5 Å². The molecule has 2 aliphatic heterocycles. The number of hydrogen-bond donors (Lipinski definition) is 2. The van der Waals surface area contributed by atoms with Gasteiger partial charge in [-0.15, -0.1) is 0 Å². The number of anilines is 1. The second-order valence-electron chi connectivity index (χ2n) is 6.70. The number of hydrogen-bond acceptors (Lipinski definition) is 8. The number of carbonyl (C=O) groups excluding carboxylic acids is 2. The maximum absolute atomic E-state index is 11.7. The Morgan fingerprint density at radius 2 is 2.18 bits per heavy atom. The van der Waals surface area contributed by atoms with Gasteiger partial charge in [0.1, 0.15) is 0 Å². The highest BCUT2D eigenvalue weighted by Crippen LogP contribution is 2.25. The van der Waals surface area contributed by atoms with Gasteiger partial charge in [0.2, 0.25) is 5.95 Å². The van der Waals surface area contributed by atoms with Crippen LogP contribution in [0.2, 0.25) is 0 Å². The van der Waals surface area contributed by atoms with Crippen molar-refractivity contribution in [2.75, 3.05) is 18.4 Å². The van der Waals surface area contributed by atoms with E-state index >= 15 is 0 Å². The van der Waals surface area contributed by atoms with Crippen molar-refractivity contribution in [2.24, 2.45) is 0 Å². The van der Waals surface area contributed by atoms with Crippen molar-refractivity contribution in [1.29, 1.82) is 0 Å². The van der Waals surface area contributed by atoms with Gasteiger partial charge in [0.05, 0.1) is 16.3 Å². The van der Waals surface area contributed by atoms with Crippen molar-refractivity contribution in [3.8, 4) is 0 Å². The van der Waals surface area contributed by atoms with Crippen LogP contribution in [0.25, 0.3) is 6.08 Å². The van der Waals surface area contributed by atoms with E-state index in [1.54, 1.807) is 18.3 Å². The van der Waals surface area contributed by atoms with Gasteiger partial charge >= 0.3 is 0 Å². The highest BCUT2D eigenvalue weighted by molar-refractivity contribution is 8.18. The van der Waals surface area contributed by atoms with Gasteiger partial charge in [-0.1, -0.05) is 6.07 Å². The number of imide groups is 1. The van der Waals surface area contributed by atoms with Crippen LogP contribution in [-0.2, 0) is 11.3 Å². The Morgan fingerprint density at radius 1 is 1.25 bits per heavy atom. The minimum Gasteiger partial charge on any atom is -0.350 e. The predicted octanol–water partition coefficient (Wildman–Crippen LogP) is 2.27. The molecule has 2 aliphatic rings. The lowest BCUT2D eigenvalue weighted by molar-refractivity contribution is -0.115. The Hall–Kier alpha value is -2.78. The van der Waals surface area contributed by atoms with E-state index in [1.807, 2.05) is 24.4 Å². The number of likely N-dealkylation sites (tertiary alicyclic amines) is 1. The van der Waals surface area contributed by atoms with Crippen LogP contribution < -0.4 is 10.6 Å². The maximum Gasteiger partial charge on any atom is 0.290 e. The third kappa shape index (κ3) is 4.73. The summed E-state index contributed by atoms with van der Waals surface area (Å²) in [4.78, 5) is 38.8. The first kappa shape index (κ1) is 18.6. The Balaban J connectivity index is 1.39. The van der Waals surface area contributed by atoms with Crippen molar-refractivity contribution in [3.63, 3.8) is 0 Å². The molecule has 0 aromatic carbocycles. The Labute approximate surface area is 166 Å². The molecule has 2 N–H and O–H groups in total. The molecule has 0 spiro atoms. The minimum absolute atomic E-state index is 0.242. The summed E-state index contributed by atoms with van der Waals surface area (Å²) in [6, 6.07) is 7.92. The van der Waals surface area contributed by atoms with Crippen LogP contribution in [0.4, 0.5) is 10.7 Å².